The van der Waals surface area contributed by atoms with E-state index in [0.29, 0.717) is 5.33 Å². The second kappa shape index (κ2) is 2.83. The molecule has 1 N–H and O–H groups in total. The van der Waals surface area contributed by atoms with Gasteiger partial charge in [0.2, 0.25) is 0 Å². The average molecular weight is 181 g/mol. The van der Waals surface area contributed by atoms with Gasteiger partial charge in [-0.25, -0.2) is 0 Å². The smallest absolute Gasteiger partial charge is 0.0685 e. The summed E-state index contributed by atoms with van der Waals surface area (Å²) in [6.45, 7) is 6.04. The summed E-state index contributed by atoms with van der Waals surface area (Å²) in [5.41, 5.74) is 0.0174. The molecule has 0 aliphatic carbocycles. The van der Waals surface area contributed by atoms with E-state index in [1.807, 2.05) is 20.8 Å². The van der Waals surface area contributed by atoms with Crippen LogP contribution in [-0.4, -0.2) is 16.5 Å². The largest absolute Gasteiger partial charge is 0.392 e. The Morgan fingerprint density at radius 1 is 1.50 bits per heavy atom. The highest BCUT2D eigenvalue weighted by molar-refractivity contribution is 9.09. The molecule has 50 valence electrons. The van der Waals surface area contributed by atoms with E-state index in [4.69, 9.17) is 5.11 Å². The number of aliphatic hydroxyl groups is 1. The van der Waals surface area contributed by atoms with Gasteiger partial charge in [0.1, 0.15) is 0 Å². The molecule has 0 spiro atoms. The van der Waals surface area contributed by atoms with Crippen molar-refractivity contribution >= 4 is 15.9 Å². The van der Waals surface area contributed by atoms with Gasteiger partial charge in [-0.1, -0.05) is 36.7 Å². The molecule has 0 heterocycles. The predicted octanol–water partition coefficient (Wildman–Crippen LogP) is 1.79. The van der Waals surface area contributed by atoms with Crippen molar-refractivity contribution in [3.63, 3.8) is 0 Å². The van der Waals surface area contributed by atoms with Crippen LogP contribution in [0.15, 0.2) is 0 Å². The van der Waals surface area contributed by atoms with Crippen LogP contribution < -0.4 is 0 Å². The molecule has 0 fully saturated rings. The second-order valence-corrected chi connectivity index (χ2v) is 3.68. The SMILES string of the molecule is CC(C)(C)[C@@H](O)CBr. The zero-order valence-corrected chi connectivity index (χ0v) is 7.20. The van der Waals surface area contributed by atoms with E-state index in [1.165, 1.54) is 0 Å². The van der Waals surface area contributed by atoms with Gasteiger partial charge >= 0.3 is 0 Å². The van der Waals surface area contributed by atoms with Crippen LogP contribution in [0.3, 0.4) is 0 Å². The Kier molecular flexibility index (Phi) is 2.99. The fourth-order valence-electron chi connectivity index (χ4n) is 0.231. The van der Waals surface area contributed by atoms with E-state index in [0.717, 1.165) is 0 Å². The minimum Gasteiger partial charge on any atom is -0.392 e. The summed E-state index contributed by atoms with van der Waals surface area (Å²) >= 11 is 3.20. The fourth-order valence-corrected chi connectivity index (χ4v) is 1.20. The summed E-state index contributed by atoms with van der Waals surface area (Å²) in [4.78, 5) is 0. The quantitative estimate of drug-likeness (QED) is 0.611. The number of hydrogen-bond acceptors (Lipinski definition) is 1. The molecule has 0 aromatic rings. The standard InChI is InChI=1S/C6H13BrO/c1-6(2,3)5(8)4-7/h5,8H,4H2,1-3H3/t5-/m0/s1. The van der Waals surface area contributed by atoms with Crippen molar-refractivity contribution in [3.8, 4) is 0 Å². The zero-order chi connectivity index (χ0) is 6.78. The maximum Gasteiger partial charge on any atom is 0.0685 e. The third kappa shape index (κ3) is 2.68. The minimum absolute atomic E-state index is 0.0174. The lowest BCUT2D eigenvalue weighted by Gasteiger charge is -2.23. The molecule has 1 nitrogen and oxygen atoms in total. The van der Waals surface area contributed by atoms with E-state index in [9.17, 15) is 0 Å². The highest BCUT2D eigenvalue weighted by Gasteiger charge is 2.19. The van der Waals surface area contributed by atoms with Gasteiger partial charge in [0.15, 0.2) is 0 Å². The van der Waals surface area contributed by atoms with Crippen molar-refractivity contribution < 1.29 is 5.11 Å². The predicted molar refractivity (Wildman–Crippen MR) is 39.3 cm³/mol. The summed E-state index contributed by atoms with van der Waals surface area (Å²) < 4.78 is 0. The molecule has 0 aliphatic heterocycles. The molecule has 0 bridgehead atoms. The lowest BCUT2D eigenvalue weighted by Crippen LogP contribution is -2.26. The van der Waals surface area contributed by atoms with E-state index in [2.05, 4.69) is 15.9 Å². The Balaban J connectivity index is 3.62. The van der Waals surface area contributed by atoms with Crippen LogP contribution in [0.25, 0.3) is 0 Å². The van der Waals surface area contributed by atoms with Crippen molar-refractivity contribution in [3.05, 3.63) is 0 Å². The molecule has 0 aromatic heterocycles. The molecule has 0 saturated heterocycles. The molecular formula is C6H13BrO. The summed E-state index contributed by atoms with van der Waals surface area (Å²) in [7, 11) is 0. The van der Waals surface area contributed by atoms with Crippen LogP contribution >= 0.6 is 15.9 Å². The normalized spacial score (nSPS) is 16.1. The summed E-state index contributed by atoms with van der Waals surface area (Å²) in [6, 6.07) is 0. The first-order valence-corrected chi connectivity index (χ1v) is 3.84. The summed E-state index contributed by atoms with van der Waals surface area (Å²) in [6.07, 6.45) is -0.234. The molecule has 0 rings (SSSR count). The average Bonchev–Trinajstić information content (AvgIpc) is 1.62. The lowest BCUT2D eigenvalue weighted by atomic mass is 9.91. The lowest BCUT2D eigenvalue weighted by molar-refractivity contribution is 0.0853. The maximum atomic E-state index is 9.15. The zero-order valence-electron chi connectivity index (χ0n) is 5.61. The van der Waals surface area contributed by atoms with E-state index < -0.39 is 0 Å². The molecule has 2 heteroatoms. The van der Waals surface area contributed by atoms with Crippen LogP contribution in [0.2, 0.25) is 0 Å². The Hall–Kier alpha value is 0.440. The van der Waals surface area contributed by atoms with Crippen LogP contribution in [-0.2, 0) is 0 Å². The van der Waals surface area contributed by atoms with Gasteiger partial charge in [-0.3, -0.25) is 0 Å². The van der Waals surface area contributed by atoms with Gasteiger partial charge in [-0.15, -0.1) is 0 Å². The number of hydrogen-bond donors (Lipinski definition) is 1. The summed E-state index contributed by atoms with van der Waals surface area (Å²) in [5, 5.41) is 9.81. The first-order valence-electron chi connectivity index (χ1n) is 2.72. The molecule has 0 aliphatic rings. The maximum absolute atomic E-state index is 9.15. The first kappa shape index (κ1) is 8.44. The second-order valence-electron chi connectivity index (χ2n) is 3.04. The highest BCUT2D eigenvalue weighted by Crippen LogP contribution is 2.19. The van der Waals surface area contributed by atoms with Crippen molar-refractivity contribution in [2.24, 2.45) is 5.41 Å². The van der Waals surface area contributed by atoms with Gasteiger partial charge in [0.25, 0.3) is 0 Å². The van der Waals surface area contributed by atoms with Crippen LogP contribution in [0.4, 0.5) is 0 Å². The van der Waals surface area contributed by atoms with Gasteiger partial charge in [-0.05, 0) is 5.41 Å². The molecule has 0 aromatic carbocycles. The van der Waals surface area contributed by atoms with Crippen molar-refractivity contribution in [2.75, 3.05) is 5.33 Å². The van der Waals surface area contributed by atoms with Crippen molar-refractivity contribution in [2.45, 2.75) is 26.9 Å². The molecule has 1 atom stereocenters. The molecular weight excluding hydrogens is 168 g/mol. The Morgan fingerprint density at radius 2 is 1.88 bits per heavy atom. The fraction of sp³-hybridized carbons (Fsp3) is 1.00. The number of halogens is 1. The molecule has 8 heavy (non-hydrogen) atoms. The number of alkyl halides is 1. The van der Waals surface area contributed by atoms with Gasteiger partial charge in [0, 0.05) is 5.33 Å². The first-order chi connectivity index (χ1) is 3.48. The minimum atomic E-state index is -0.234. The van der Waals surface area contributed by atoms with E-state index in [-0.39, 0.29) is 11.5 Å². The van der Waals surface area contributed by atoms with Crippen LogP contribution in [0, 0.1) is 5.41 Å². The van der Waals surface area contributed by atoms with Crippen LogP contribution in [0.5, 0.6) is 0 Å². The third-order valence-electron chi connectivity index (χ3n) is 1.15. The molecule has 0 saturated carbocycles. The van der Waals surface area contributed by atoms with Gasteiger partial charge < -0.3 is 5.11 Å². The molecule has 0 amide bonds. The Bertz CT molecular complexity index is 65.4. The van der Waals surface area contributed by atoms with E-state index >= 15 is 0 Å². The van der Waals surface area contributed by atoms with Crippen molar-refractivity contribution in [1.29, 1.82) is 0 Å². The molecule has 0 unspecified atom stereocenters. The van der Waals surface area contributed by atoms with Gasteiger partial charge in [-0.2, -0.15) is 0 Å². The molecule has 0 radical (unpaired) electrons. The topological polar surface area (TPSA) is 20.2 Å². The monoisotopic (exact) mass is 180 g/mol. The third-order valence-corrected chi connectivity index (χ3v) is 1.76. The highest BCUT2D eigenvalue weighted by atomic mass is 79.9. The Labute approximate surface area is 59.2 Å². The summed E-state index contributed by atoms with van der Waals surface area (Å²) in [5.74, 6) is 0. The van der Waals surface area contributed by atoms with Crippen molar-refractivity contribution in [1.82, 2.24) is 0 Å². The number of rotatable bonds is 1. The van der Waals surface area contributed by atoms with Gasteiger partial charge in [0.05, 0.1) is 6.10 Å². The van der Waals surface area contributed by atoms with E-state index in [1.54, 1.807) is 0 Å². The number of aliphatic hydroxyl groups excluding tert-OH is 1. The van der Waals surface area contributed by atoms with Crippen LogP contribution in [0.1, 0.15) is 20.8 Å². The Morgan fingerprint density at radius 3 is 1.88 bits per heavy atom.